The van der Waals surface area contributed by atoms with Gasteiger partial charge in [0.2, 0.25) is 0 Å². The van der Waals surface area contributed by atoms with E-state index in [9.17, 15) is 13.2 Å². The van der Waals surface area contributed by atoms with Crippen LogP contribution >= 0.6 is 24.2 Å². The molecule has 17 heavy (non-hydrogen) atoms. The molecule has 1 aromatic carbocycles. The lowest BCUT2D eigenvalue weighted by molar-refractivity contribution is -0.0328. The average molecular weight is 288 g/mol. The predicted molar refractivity (Wildman–Crippen MR) is 64.2 cm³/mol. The lowest BCUT2D eigenvalue weighted by atomic mass is 10.1. The maximum absolute atomic E-state index is 12.0. The smallest absolute Gasteiger partial charge is 0.396 e. The first-order chi connectivity index (χ1) is 7.42. The van der Waals surface area contributed by atoms with E-state index < -0.39 is 5.51 Å². The Balaban J connectivity index is 0.00000256. The maximum atomic E-state index is 12.0. The van der Waals surface area contributed by atoms with Crippen molar-refractivity contribution in [2.45, 2.75) is 22.9 Å². The van der Waals surface area contributed by atoms with Gasteiger partial charge in [0.15, 0.2) is 0 Å². The molecule has 3 N–H and O–H groups in total. The second kappa shape index (κ2) is 7.10. The standard InChI is InChI=1S/C10H12F3NOS.ClH/c11-10(12,13)16-8-3-1-7(2-4-8)9(14)5-6-15;/h1-4,9,15H,5-6,14H2;1H/t9-;/m0./s1. The minimum Gasteiger partial charge on any atom is -0.396 e. The fraction of sp³-hybridized carbons (Fsp3) is 0.400. The monoisotopic (exact) mass is 287 g/mol. The summed E-state index contributed by atoms with van der Waals surface area (Å²) in [5.41, 5.74) is 2.15. The van der Waals surface area contributed by atoms with Gasteiger partial charge in [-0.1, -0.05) is 12.1 Å². The zero-order chi connectivity index (χ0) is 12.2. The quantitative estimate of drug-likeness (QED) is 0.837. The summed E-state index contributed by atoms with van der Waals surface area (Å²) >= 11 is -0.156. The lowest BCUT2D eigenvalue weighted by Crippen LogP contribution is -2.11. The van der Waals surface area contributed by atoms with Gasteiger partial charge >= 0.3 is 5.51 Å². The van der Waals surface area contributed by atoms with Gasteiger partial charge in [-0.2, -0.15) is 13.2 Å². The molecule has 0 aliphatic rings. The fourth-order valence-electron chi connectivity index (χ4n) is 1.22. The molecule has 0 saturated carbocycles. The van der Waals surface area contributed by atoms with E-state index in [1.54, 1.807) is 12.1 Å². The lowest BCUT2D eigenvalue weighted by Gasteiger charge is -2.11. The molecule has 1 atom stereocenters. The summed E-state index contributed by atoms with van der Waals surface area (Å²) in [5, 5.41) is 8.67. The highest BCUT2D eigenvalue weighted by Gasteiger charge is 2.29. The molecular formula is C10H13ClF3NOS. The van der Waals surface area contributed by atoms with Crippen LogP contribution in [0.4, 0.5) is 13.2 Å². The largest absolute Gasteiger partial charge is 0.446 e. The molecule has 0 unspecified atom stereocenters. The summed E-state index contributed by atoms with van der Waals surface area (Å²) in [7, 11) is 0. The number of alkyl halides is 3. The fourth-order valence-corrected chi connectivity index (χ4v) is 1.76. The SMILES string of the molecule is Cl.N[C@@H](CCO)c1ccc(SC(F)(F)F)cc1. The highest BCUT2D eigenvalue weighted by molar-refractivity contribution is 8.00. The van der Waals surface area contributed by atoms with Crippen molar-refractivity contribution in [1.82, 2.24) is 0 Å². The van der Waals surface area contributed by atoms with E-state index >= 15 is 0 Å². The Morgan fingerprint density at radius 1 is 1.24 bits per heavy atom. The van der Waals surface area contributed by atoms with Crippen LogP contribution in [0.15, 0.2) is 29.2 Å². The third-order valence-corrected chi connectivity index (χ3v) is 2.72. The molecule has 98 valence electrons. The highest BCUT2D eigenvalue weighted by Crippen LogP contribution is 2.36. The van der Waals surface area contributed by atoms with Gasteiger partial charge in [-0.3, -0.25) is 0 Å². The van der Waals surface area contributed by atoms with Gasteiger partial charge in [0.05, 0.1) is 0 Å². The molecule has 2 nitrogen and oxygen atoms in total. The Bertz CT molecular complexity index is 331. The Kier molecular flexibility index (Phi) is 6.92. The van der Waals surface area contributed by atoms with Crippen LogP contribution in [0.3, 0.4) is 0 Å². The average Bonchev–Trinajstić information content (AvgIpc) is 2.16. The van der Waals surface area contributed by atoms with Crippen LogP contribution in [0.25, 0.3) is 0 Å². The van der Waals surface area contributed by atoms with Crippen molar-refractivity contribution in [2.24, 2.45) is 5.73 Å². The van der Waals surface area contributed by atoms with Crippen molar-refractivity contribution < 1.29 is 18.3 Å². The normalized spacial score (nSPS) is 13.0. The van der Waals surface area contributed by atoms with E-state index in [1.165, 1.54) is 12.1 Å². The van der Waals surface area contributed by atoms with Crippen molar-refractivity contribution in [2.75, 3.05) is 6.61 Å². The van der Waals surface area contributed by atoms with Crippen LogP contribution in [0.1, 0.15) is 18.0 Å². The molecule has 0 fully saturated rings. The molecule has 0 saturated heterocycles. The molecule has 7 heteroatoms. The summed E-state index contributed by atoms with van der Waals surface area (Å²) in [6, 6.07) is 5.52. The number of halogens is 4. The number of rotatable bonds is 4. The van der Waals surface area contributed by atoms with Gasteiger partial charge in [-0.25, -0.2) is 0 Å². The van der Waals surface area contributed by atoms with Crippen LogP contribution in [0.2, 0.25) is 0 Å². The van der Waals surface area contributed by atoms with Crippen molar-refractivity contribution in [3.8, 4) is 0 Å². The van der Waals surface area contributed by atoms with Crippen LogP contribution in [0, 0.1) is 0 Å². The Morgan fingerprint density at radius 2 is 1.76 bits per heavy atom. The number of aliphatic hydroxyl groups excluding tert-OH is 1. The highest BCUT2D eigenvalue weighted by atomic mass is 35.5. The Hall–Kier alpha value is -0.430. The molecule has 0 amide bonds. The molecule has 0 aromatic heterocycles. The van der Waals surface area contributed by atoms with Gasteiger partial charge in [0.25, 0.3) is 0 Å². The Labute approximate surface area is 108 Å². The summed E-state index contributed by atoms with van der Waals surface area (Å²) in [4.78, 5) is 0.132. The van der Waals surface area contributed by atoms with E-state index in [4.69, 9.17) is 10.8 Å². The van der Waals surface area contributed by atoms with Crippen molar-refractivity contribution in [3.05, 3.63) is 29.8 Å². The van der Waals surface area contributed by atoms with E-state index in [-0.39, 0.29) is 41.7 Å². The van der Waals surface area contributed by atoms with E-state index in [0.717, 1.165) is 5.56 Å². The van der Waals surface area contributed by atoms with Crippen molar-refractivity contribution in [3.63, 3.8) is 0 Å². The van der Waals surface area contributed by atoms with Gasteiger partial charge in [0.1, 0.15) is 0 Å². The molecule has 0 bridgehead atoms. The van der Waals surface area contributed by atoms with Crippen LogP contribution in [0.5, 0.6) is 0 Å². The second-order valence-electron chi connectivity index (χ2n) is 3.24. The number of hydrogen-bond acceptors (Lipinski definition) is 3. The number of nitrogens with two attached hydrogens (primary N) is 1. The van der Waals surface area contributed by atoms with Crippen LogP contribution in [-0.4, -0.2) is 17.2 Å². The van der Waals surface area contributed by atoms with Crippen molar-refractivity contribution >= 4 is 24.2 Å². The number of hydrogen-bond donors (Lipinski definition) is 2. The molecular weight excluding hydrogens is 275 g/mol. The molecule has 0 radical (unpaired) electrons. The number of thioether (sulfide) groups is 1. The van der Waals surface area contributed by atoms with Gasteiger partial charge in [0, 0.05) is 17.5 Å². The topological polar surface area (TPSA) is 46.2 Å². The molecule has 1 aromatic rings. The summed E-state index contributed by atoms with van der Waals surface area (Å²) in [5.74, 6) is 0. The second-order valence-corrected chi connectivity index (χ2v) is 4.37. The predicted octanol–water partition coefficient (Wildman–Crippen LogP) is 3.10. The summed E-state index contributed by atoms with van der Waals surface area (Å²) in [6.07, 6.45) is 0.395. The molecule has 1 rings (SSSR count). The first-order valence-corrected chi connectivity index (χ1v) is 5.46. The van der Waals surface area contributed by atoms with Crippen LogP contribution in [-0.2, 0) is 0 Å². The van der Waals surface area contributed by atoms with E-state index in [0.29, 0.717) is 6.42 Å². The zero-order valence-electron chi connectivity index (χ0n) is 8.78. The van der Waals surface area contributed by atoms with E-state index in [1.807, 2.05) is 0 Å². The molecule has 0 spiro atoms. The van der Waals surface area contributed by atoms with Crippen molar-refractivity contribution in [1.29, 1.82) is 0 Å². The molecule has 0 aliphatic carbocycles. The summed E-state index contributed by atoms with van der Waals surface area (Å²) < 4.78 is 36.1. The number of aliphatic hydroxyl groups is 1. The third kappa shape index (κ3) is 6.16. The summed E-state index contributed by atoms with van der Waals surface area (Å²) in [6.45, 7) is -0.0414. The minimum absolute atomic E-state index is 0. The van der Waals surface area contributed by atoms with E-state index in [2.05, 4.69) is 0 Å². The third-order valence-electron chi connectivity index (χ3n) is 1.98. The first-order valence-electron chi connectivity index (χ1n) is 4.64. The van der Waals surface area contributed by atoms with Crippen LogP contribution < -0.4 is 5.73 Å². The maximum Gasteiger partial charge on any atom is 0.446 e. The van der Waals surface area contributed by atoms with Gasteiger partial charge in [-0.05, 0) is 35.9 Å². The van der Waals surface area contributed by atoms with Gasteiger partial charge in [-0.15, -0.1) is 12.4 Å². The molecule has 0 aliphatic heterocycles. The minimum atomic E-state index is -4.27. The molecule has 0 heterocycles. The number of benzene rings is 1. The Morgan fingerprint density at radius 3 is 2.18 bits per heavy atom. The zero-order valence-corrected chi connectivity index (χ0v) is 10.4. The first kappa shape index (κ1) is 16.6. The van der Waals surface area contributed by atoms with Gasteiger partial charge < -0.3 is 10.8 Å².